The molecule has 5 heteroatoms. The van der Waals surface area contributed by atoms with E-state index in [2.05, 4.69) is 24.3 Å². The summed E-state index contributed by atoms with van der Waals surface area (Å²) in [4.78, 5) is 0. The summed E-state index contributed by atoms with van der Waals surface area (Å²) in [7, 11) is 3.62. The molecule has 1 atom stereocenters. The predicted octanol–water partition coefficient (Wildman–Crippen LogP) is 3.24. The van der Waals surface area contributed by atoms with E-state index < -0.39 is 0 Å². The van der Waals surface area contributed by atoms with Gasteiger partial charge in [-0.3, -0.25) is 4.68 Å². The second-order valence-electron chi connectivity index (χ2n) is 4.87. The van der Waals surface area contributed by atoms with E-state index in [1.165, 1.54) is 11.3 Å². The monoisotopic (exact) mass is 293 g/mol. The van der Waals surface area contributed by atoms with Crippen molar-refractivity contribution in [1.29, 1.82) is 0 Å². The van der Waals surface area contributed by atoms with Crippen LogP contribution in [-0.4, -0.2) is 16.9 Å². The van der Waals surface area contributed by atoms with Crippen molar-refractivity contribution in [2.75, 3.05) is 7.11 Å². The van der Waals surface area contributed by atoms with Crippen molar-refractivity contribution in [3.63, 3.8) is 0 Å². The highest BCUT2D eigenvalue weighted by atomic mass is 35.5. The van der Waals surface area contributed by atoms with Gasteiger partial charge in [0.15, 0.2) is 0 Å². The van der Waals surface area contributed by atoms with E-state index in [9.17, 15) is 0 Å². The second kappa shape index (κ2) is 6.29. The first kappa shape index (κ1) is 14.9. The first-order valence-corrected chi connectivity index (χ1v) is 6.95. The Labute approximate surface area is 124 Å². The van der Waals surface area contributed by atoms with Gasteiger partial charge in [0, 0.05) is 41.5 Å². The number of ether oxygens (including phenoxy) is 1. The lowest BCUT2D eigenvalue weighted by molar-refractivity contribution is 0.401. The molecule has 0 saturated carbocycles. The summed E-state index contributed by atoms with van der Waals surface area (Å²) >= 11 is 6.07. The van der Waals surface area contributed by atoms with E-state index in [1.807, 2.05) is 36.1 Å². The van der Waals surface area contributed by atoms with Gasteiger partial charge in [0.1, 0.15) is 5.75 Å². The Morgan fingerprint density at radius 2 is 2.20 bits per heavy atom. The molecule has 0 unspecified atom stereocenters. The van der Waals surface area contributed by atoms with Gasteiger partial charge >= 0.3 is 0 Å². The van der Waals surface area contributed by atoms with E-state index in [1.54, 1.807) is 7.11 Å². The lowest BCUT2D eigenvalue weighted by Gasteiger charge is -2.17. The third kappa shape index (κ3) is 3.14. The second-order valence-corrected chi connectivity index (χ2v) is 5.30. The Morgan fingerprint density at radius 1 is 1.45 bits per heavy atom. The fourth-order valence-electron chi connectivity index (χ4n) is 2.13. The van der Waals surface area contributed by atoms with Crippen LogP contribution in [-0.2, 0) is 13.6 Å². The molecule has 4 nitrogen and oxygen atoms in total. The Morgan fingerprint density at radius 3 is 2.80 bits per heavy atom. The highest BCUT2D eigenvalue weighted by Gasteiger charge is 2.13. The summed E-state index contributed by atoms with van der Waals surface area (Å²) in [6.45, 7) is 4.92. The summed E-state index contributed by atoms with van der Waals surface area (Å²) in [6, 6.07) is 5.81. The van der Waals surface area contributed by atoms with Crippen LogP contribution >= 0.6 is 11.6 Å². The van der Waals surface area contributed by atoms with Crippen LogP contribution in [0.5, 0.6) is 5.75 Å². The predicted molar refractivity (Wildman–Crippen MR) is 81.2 cm³/mol. The van der Waals surface area contributed by atoms with Crippen LogP contribution in [0, 0.1) is 6.92 Å². The van der Waals surface area contributed by atoms with Gasteiger partial charge in [0.2, 0.25) is 0 Å². The van der Waals surface area contributed by atoms with Crippen molar-refractivity contribution in [2.24, 2.45) is 7.05 Å². The number of benzene rings is 1. The van der Waals surface area contributed by atoms with E-state index in [0.717, 1.165) is 17.9 Å². The fourth-order valence-corrected chi connectivity index (χ4v) is 2.31. The fraction of sp³-hybridized carbons (Fsp3) is 0.400. The number of hydrogen-bond acceptors (Lipinski definition) is 3. The first-order chi connectivity index (χ1) is 9.52. The number of hydrogen-bond donors (Lipinski definition) is 1. The van der Waals surface area contributed by atoms with Gasteiger partial charge in [-0.25, -0.2) is 0 Å². The zero-order valence-electron chi connectivity index (χ0n) is 12.3. The molecule has 1 heterocycles. The molecular formula is C15H20ClN3O. The van der Waals surface area contributed by atoms with Crippen LogP contribution in [0.25, 0.3) is 0 Å². The largest absolute Gasteiger partial charge is 0.496 e. The van der Waals surface area contributed by atoms with Crippen LogP contribution in [0.15, 0.2) is 24.4 Å². The third-order valence-electron chi connectivity index (χ3n) is 3.59. The summed E-state index contributed by atoms with van der Waals surface area (Å²) in [5, 5.41) is 8.44. The molecule has 20 heavy (non-hydrogen) atoms. The molecule has 0 fully saturated rings. The standard InChI is InChI=1S/C15H20ClN3O/c1-10(14-7-13(16)5-6-15(14)20-4)17-8-12-9-18-19(3)11(12)2/h5-7,9-10,17H,8H2,1-4H3/t10-/m1/s1. The van der Waals surface area contributed by atoms with Crippen molar-refractivity contribution in [2.45, 2.75) is 26.4 Å². The summed E-state index contributed by atoms with van der Waals surface area (Å²) in [6.07, 6.45) is 1.89. The van der Waals surface area contributed by atoms with Crippen LogP contribution in [0.4, 0.5) is 0 Å². The molecule has 0 aliphatic carbocycles. The zero-order chi connectivity index (χ0) is 14.7. The van der Waals surface area contributed by atoms with Crippen LogP contribution in [0.3, 0.4) is 0 Å². The molecule has 108 valence electrons. The lowest BCUT2D eigenvalue weighted by atomic mass is 10.1. The van der Waals surface area contributed by atoms with Gasteiger partial charge in [-0.15, -0.1) is 0 Å². The van der Waals surface area contributed by atoms with Crippen LogP contribution in [0.1, 0.15) is 29.8 Å². The molecule has 0 aliphatic heterocycles. The normalized spacial score (nSPS) is 12.4. The van der Waals surface area contributed by atoms with Gasteiger partial charge in [0.25, 0.3) is 0 Å². The maximum Gasteiger partial charge on any atom is 0.123 e. The molecule has 2 aromatic rings. The topological polar surface area (TPSA) is 39.1 Å². The maximum absolute atomic E-state index is 6.07. The minimum absolute atomic E-state index is 0.142. The number of nitrogens with one attached hydrogen (secondary N) is 1. The molecular weight excluding hydrogens is 274 g/mol. The molecule has 2 rings (SSSR count). The van der Waals surface area contributed by atoms with E-state index >= 15 is 0 Å². The average Bonchev–Trinajstić information content (AvgIpc) is 2.76. The van der Waals surface area contributed by atoms with Crippen molar-refractivity contribution < 1.29 is 4.74 Å². The highest BCUT2D eigenvalue weighted by Crippen LogP contribution is 2.28. The average molecular weight is 294 g/mol. The minimum Gasteiger partial charge on any atom is -0.496 e. The van der Waals surface area contributed by atoms with Gasteiger partial charge in [-0.1, -0.05) is 11.6 Å². The minimum atomic E-state index is 0.142. The zero-order valence-corrected chi connectivity index (χ0v) is 13.0. The summed E-state index contributed by atoms with van der Waals surface area (Å²) < 4.78 is 7.26. The Hall–Kier alpha value is -1.52. The molecule has 1 aromatic heterocycles. The number of nitrogens with zero attached hydrogens (tertiary/aromatic N) is 2. The molecule has 1 aromatic carbocycles. The van der Waals surface area contributed by atoms with Crippen molar-refractivity contribution >= 4 is 11.6 Å². The number of aromatic nitrogens is 2. The number of rotatable bonds is 5. The summed E-state index contributed by atoms with van der Waals surface area (Å²) in [5.74, 6) is 0.845. The highest BCUT2D eigenvalue weighted by molar-refractivity contribution is 6.30. The van der Waals surface area contributed by atoms with Crippen molar-refractivity contribution in [3.05, 3.63) is 46.2 Å². The van der Waals surface area contributed by atoms with Crippen LogP contribution in [0.2, 0.25) is 5.02 Å². The molecule has 0 spiro atoms. The van der Waals surface area contributed by atoms with E-state index in [-0.39, 0.29) is 6.04 Å². The molecule has 0 radical (unpaired) electrons. The van der Waals surface area contributed by atoms with Gasteiger partial charge < -0.3 is 10.1 Å². The summed E-state index contributed by atoms with van der Waals surface area (Å²) in [5.41, 5.74) is 3.42. The Balaban J connectivity index is 2.10. The maximum atomic E-state index is 6.07. The molecule has 0 saturated heterocycles. The number of methoxy groups -OCH3 is 1. The quantitative estimate of drug-likeness (QED) is 0.920. The first-order valence-electron chi connectivity index (χ1n) is 6.57. The lowest BCUT2D eigenvalue weighted by Crippen LogP contribution is -2.19. The molecule has 1 N–H and O–H groups in total. The van der Waals surface area contributed by atoms with E-state index in [0.29, 0.717) is 5.02 Å². The van der Waals surface area contributed by atoms with E-state index in [4.69, 9.17) is 16.3 Å². The molecule has 0 bridgehead atoms. The van der Waals surface area contributed by atoms with Gasteiger partial charge in [0.05, 0.1) is 13.3 Å². The Bertz CT molecular complexity index is 595. The smallest absolute Gasteiger partial charge is 0.123 e. The number of halogens is 1. The van der Waals surface area contributed by atoms with Gasteiger partial charge in [-0.2, -0.15) is 5.10 Å². The molecule has 0 aliphatic rings. The van der Waals surface area contributed by atoms with Gasteiger partial charge in [-0.05, 0) is 32.0 Å². The number of aryl methyl sites for hydroxylation is 1. The van der Waals surface area contributed by atoms with Crippen molar-refractivity contribution in [1.82, 2.24) is 15.1 Å². The SMILES string of the molecule is COc1ccc(Cl)cc1[C@@H](C)NCc1cnn(C)c1C. The Kier molecular flexibility index (Phi) is 4.68. The van der Waals surface area contributed by atoms with Crippen molar-refractivity contribution in [3.8, 4) is 5.75 Å². The third-order valence-corrected chi connectivity index (χ3v) is 3.83. The van der Waals surface area contributed by atoms with Crippen LogP contribution < -0.4 is 10.1 Å². The molecule has 0 amide bonds.